The highest BCUT2D eigenvalue weighted by molar-refractivity contribution is 5.13. The van der Waals surface area contributed by atoms with E-state index in [1.165, 1.54) is 12.1 Å². The van der Waals surface area contributed by atoms with E-state index < -0.39 is 18.5 Å². The van der Waals surface area contributed by atoms with Gasteiger partial charge in [0.1, 0.15) is 5.82 Å². The first kappa shape index (κ1) is 17.0. The Morgan fingerprint density at radius 1 is 1.05 bits per heavy atom. The van der Waals surface area contributed by atoms with E-state index in [0.29, 0.717) is 18.8 Å². The fourth-order valence-corrected chi connectivity index (χ4v) is 2.32. The summed E-state index contributed by atoms with van der Waals surface area (Å²) in [5.41, 5.74) is 1.09. The molecule has 0 heterocycles. The van der Waals surface area contributed by atoms with Crippen molar-refractivity contribution in [2.75, 3.05) is 6.67 Å². The lowest BCUT2D eigenvalue weighted by molar-refractivity contribution is -0.0901. The molecule has 0 aromatic heterocycles. The zero-order valence-corrected chi connectivity index (χ0v) is 12.0. The lowest BCUT2D eigenvalue weighted by Gasteiger charge is -2.30. The SMILES string of the molecule is CC1CCC(C(F)(F)CF)CC1.Cc1ccc(F)cc1. The molecule has 2 rings (SSSR count). The van der Waals surface area contributed by atoms with E-state index in [1.807, 2.05) is 6.92 Å². The van der Waals surface area contributed by atoms with Crippen molar-refractivity contribution in [3.8, 4) is 0 Å². The Hall–Kier alpha value is -1.06. The summed E-state index contributed by atoms with van der Waals surface area (Å²) in [5, 5.41) is 0. The minimum absolute atomic E-state index is 0.171. The van der Waals surface area contributed by atoms with Gasteiger partial charge in [0.05, 0.1) is 0 Å². The molecule has 0 aliphatic heterocycles. The van der Waals surface area contributed by atoms with Gasteiger partial charge in [0.25, 0.3) is 5.92 Å². The second-order valence-electron chi connectivity index (χ2n) is 5.65. The maximum atomic E-state index is 12.8. The van der Waals surface area contributed by atoms with Crippen molar-refractivity contribution in [2.45, 2.75) is 45.5 Å². The molecule has 4 heteroatoms. The fraction of sp³-hybridized carbons (Fsp3) is 0.625. The lowest BCUT2D eigenvalue weighted by Crippen LogP contribution is -2.33. The molecular formula is C16H22F4. The molecule has 20 heavy (non-hydrogen) atoms. The highest BCUT2D eigenvalue weighted by atomic mass is 19.3. The molecule has 1 aromatic rings. The predicted octanol–water partition coefficient (Wildman–Crippen LogP) is 5.55. The van der Waals surface area contributed by atoms with E-state index in [0.717, 1.165) is 18.4 Å². The van der Waals surface area contributed by atoms with Crippen molar-refractivity contribution in [1.29, 1.82) is 0 Å². The number of halogens is 4. The monoisotopic (exact) mass is 290 g/mol. The first-order valence-electron chi connectivity index (χ1n) is 7.01. The third-order valence-electron chi connectivity index (χ3n) is 3.80. The number of aryl methyl sites for hydroxylation is 1. The van der Waals surface area contributed by atoms with Gasteiger partial charge in [-0.25, -0.2) is 17.6 Å². The third-order valence-corrected chi connectivity index (χ3v) is 3.80. The summed E-state index contributed by atoms with van der Waals surface area (Å²) in [6.07, 6.45) is 2.61. The van der Waals surface area contributed by atoms with Gasteiger partial charge < -0.3 is 0 Å². The minimum atomic E-state index is -3.07. The van der Waals surface area contributed by atoms with E-state index in [9.17, 15) is 17.6 Å². The van der Waals surface area contributed by atoms with Crippen molar-refractivity contribution in [3.63, 3.8) is 0 Å². The van der Waals surface area contributed by atoms with Crippen LogP contribution in [0, 0.1) is 24.6 Å². The Morgan fingerprint density at radius 3 is 1.95 bits per heavy atom. The average molecular weight is 290 g/mol. The average Bonchev–Trinajstić information content (AvgIpc) is 2.43. The van der Waals surface area contributed by atoms with Gasteiger partial charge >= 0.3 is 0 Å². The highest BCUT2D eigenvalue weighted by Crippen LogP contribution is 2.38. The molecule has 0 amide bonds. The minimum Gasteiger partial charge on any atom is -0.244 e. The summed E-state index contributed by atoms with van der Waals surface area (Å²) in [6, 6.07) is 6.40. The number of benzene rings is 1. The lowest BCUT2D eigenvalue weighted by atomic mass is 9.80. The smallest absolute Gasteiger partial charge is 0.244 e. The summed E-state index contributed by atoms with van der Waals surface area (Å²) in [5.74, 6) is -3.41. The van der Waals surface area contributed by atoms with Crippen LogP contribution in [0.1, 0.15) is 38.2 Å². The molecule has 1 aromatic carbocycles. The second-order valence-corrected chi connectivity index (χ2v) is 5.65. The molecular weight excluding hydrogens is 268 g/mol. The molecule has 1 fully saturated rings. The van der Waals surface area contributed by atoms with Crippen LogP contribution in [0.2, 0.25) is 0 Å². The zero-order valence-electron chi connectivity index (χ0n) is 12.0. The Bertz CT molecular complexity index is 357. The van der Waals surface area contributed by atoms with Crippen molar-refractivity contribution in [1.82, 2.24) is 0 Å². The van der Waals surface area contributed by atoms with Crippen LogP contribution < -0.4 is 0 Å². The van der Waals surface area contributed by atoms with Crippen LogP contribution in [0.4, 0.5) is 17.6 Å². The van der Waals surface area contributed by atoms with Gasteiger partial charge in [-0.05, 0) is 37.8 Å². The van der Waals surface area contributed by atoms with E-state index >= 15 is 0 Å². The van der Waals surface area contributed by atoms with Crippen LogP contribution >= 0.6 is 0 Å². The molecule has 0 N–H and O–H groups in total. The number of alkyl halides is 3. The zero-order chi connectivity index (χ0) is 15.2. The van der Waals surface area contributed by atoms with Gasteiger partial charge in [0, 0.05) is 5.92 Å². The number of rotatable bonds is 2. The quantitative estimate of drug-likeness (QED) is 0.626. The Kier molecular flexibility index (Phi) is 6.50. The van der Waals surface area contributed by atoms with Gasteiger partial charge in [-0.1, -0.05) is 37.5 Å². The van der Waals surface area contributed by atoms with Crippen molar-refractivity contribution < 1.29 is 17.6 Å². The van der Waals surface area contributed by atoms with Crippen molar-refractivity contribution in [2.24, 2.45) is 11.8 Å². The molecule has 0 spiro atoms. The standard InChI is InChI=1S/C9H15F3.C7H7F/c1-7-2-4-8(5-3-7)9(11,12)6-10;1-6-2-4-7(8)5-3-6/h7-8H,2-6H2,1H3;2-5H,1H3. The molecule has 0 bridgehead atoms. The predicted molar refractivity (Wildman–Crippen MR) is 73.2 cm³/mol. The molecule has 0 unspecified atom stereocenters. The van der Waals surface area contributed by atoms with E-state index in [4.69, 9.17) is 0 Å². The number of hydrogen-bond donors (Lipinski definition) is 0. The molecule has 0 radical (unpaired) electrons. The van der Waals surface area contributed by atoms with Crippen LogP contribution in [-0.4, -0.2) is 12.6 Å². The first-order chi connectivity index (χ1) is 9.35. The van der Waals surface area contributed by atoms with E-state index in [1.54, 1.807) is 12.1 Å². The molecule has 0 saturated heterocycles. The number of hydrogen-bond acceptors (Lipinski definition) is 0. The Morgan fingerprint density at radius 2 is 1.55 bits per heavy atom. The van der Waals surface area contributed by atoms with Crippen molar-refractivity contribution >= 4 is 0 Å². The van der Waals surface area contributed by atoms with Gasteiger partial charge in [-0.2, -0.15) is 0 Å². The summed E-state index contributed by atoms with van der Waals surface area (Å²) in [7, 11) is 0. The molecule has 1 saturated carbocycles. The first-order valence-corrected chi connectivity index (χ1v) is 7.01. The second kappa shape index (κ2) is 7.65. The van der Waals surface area contributed by atoms with Crippen molar-refractivity contribution in [3.05, 3.63) is 35.6 Å². The van der Waals surface area contributed by atoms with Crippen LogP contribution in [0.25, 0.3) is 0 Å². The molecule has 114 valence electrons. The van der Waals surface area contributed by atoms with E-state index in [2.05, 4.69) is 6.92 Å². The van der Waals surface area contributed by atoms with Gasteiger partial charge in [-0.3, -0.25) is 0 Å². The Labute approximate surface area is 118 Å². The normalized spacial score (nSPS) is 22.9. The maximum absolute atomic E-state index is 12.8. The Balaban J connectivity index is 0.000000217. The summed E-state index contributed by atoms with van der Waals surface area (Å²) in [4.78, 5) is 0. The van der Waals surface area contributed by atoms with E-state index in [-0.39, 0.29) is 5.82 Å². The highest BCUT2D eigenvalue weighted by Gasteiger charge is 2.40. The van der Waals surface area contributed by atoms with Gasteiger partial charge in [0.15, 0.2) is 6.67 Å². The summed E-state index contributed by atoms with van der Waals surface area (Å²) >= 11 is 0. The van der Waals surface area contributed by atoms with Crippen LogP contribution in [0.3, 0.4) is 0 Å². The van der Waals surface area contributed by atoms with Crippen LogP contribution in [-0.2, 0) is 0 Å². The largest absolute Gasteiger partial charge is 0.278 e. The molecule has 0 atom stereocenters. The summed E-state index contributed by atoms with van der Waals surface area (Å²) in [6.45, 7) is 2.50. The summed E-state index contributed by atoms with van der Waals surface area (Å²) < 4.78 is 49.6. The van der Waals surface area contributed by atoms with Gasteiger partial charge in [0.2, 0.25) is 0 Å². The molecule has 1 aliphatic rings. The fourth-order valence-electron chi connectivity index (χ4n) is 2.32. The molecule has 0 nitrogen and oxygen atoms in total. The van der Waals surface area contributed by atoms with Crippen LogP contribution in [0.15, 0.2) is 24.3 Å². The molecule has 1 aliphatic carbocycles. The maximum Gasteiger partial charge on any atom is 0.278 e. The van der Waals surface area contributed by atoms with Gasteiger partial charge in [-0.15, -0.1) is 0 Å². The topological polar surface area (TPSA) is 0 Å². The third kappa shape index (κ3) is 5.51. The van der Waals surface area contributed by atoms with Crippen LogP contribution in [0.5, 0.6) is 0 Å².